The molecule has 16 heavy (non-hydrogen) atoms. The van der Waals surface area contributed by atoms with Crippen molar-refractivity contribution in [3.8, 4) is 5.69 Å². The van der Waals surface area contributed by atoms with E-state index in [2.05, 4.69) is 34.9 Å². The molecule has 0 amide bonds. The van der Waals surface area contributed by atoms with Crippen LogP contribution in [0.15, 0.2) is 34.8 Å². The Kier molecular flexibility index (Phi) is 3.01. The summed E-state index contributed by atoms with van der Waals surface area (Å²) in [6.07, 6.45) is 0. The molecule has 0 aliphatic carbocycles. The first-order valence-electron chi connectivity index (χ1n) is 5.19. The molecule has 2 N–H and O–H groups in total. The van der Waals surface area contributed by atoms with E-state index in [1.807, 2.05) is 30.3 Å². The molecule has 2 rings (SSSR count). The summed E-state index contributed by atoms with van der Waals surface area (Å²) in [4.78, 5) is 0. The SMILES string of the molecule is CC(C)c1cc(N)n(-c2cccc(Br)c2)n1. The van der Waals surface area contributed by atoms with Crippen molar-refractivity contribution in [2.75, 3.05) is 5.73 Å². The molecule has 0 aliphatic rings. The van der Waals surface area contributed by atoms with E-state index in [4.69, 9.17) is 5.73 Å². The highest BCUT2D eigenvalue weighted by molar-refractivity contribution is 9.10. The van der Waals surface area contributed by atoms with Gasteiger partial charge in [-0.3, -0.25) is 0 Å². The van der Waals surface area contributed by atoms with Crippen LogP contribution >= 0.6 is 15.9 Å². The van der Waals surface area contributed by atoms with Crippen LogP contribution in [-0.2, 0) is 0 Å². The van der Waals surface area contributed by atoms with Gasteiger partial charge in [0.2, 0.25) is 0 Å². The molecular formula is C12H14BrN3. The molecule has 3 nitrogen and oxygen atoms in total. The maximum atomic E-state index is 5.95. The number of halogens is 1. The smallest absolute Gasteiger partial charge is 0.127 e. The van der Waals surface area contributed by atoms with Gasteiger partial charge in [-0.05, 0) is 24.1 Å². The zero-order valence-corrected chi connectivity index (χ0v) is 10.9. The first kappa shape index (κ1) is 11.2. The van der Waals surface area contributed by atoms with Crippen molar-refractivity contribution in [3.63, 3.8) is 0 Å². The van der Waals surface area contributed by atoms with E-state index in [1.54, 1.807) is 4.68 Å². The van der Waals surface area contributed by atoms with Crippen LogP contribution in [0.2, 0.25) is 0 Å². The molecule has 0 unspecified atom stereocenters. The number of aromatic nitrogens is 2. The third-order valence-electron chi connectivity index (χ3n) is 2.40. The Labute approximate surface area is 103 Å². The van der Waals surface area contributed by atoms with Crippen LogP contribution in [0.4, 0.5) is 5.82 Å². The standard InChI is InChI=1S/C12H14BrN3/c1-8(2)11-7-12(14)16(15-11)10-5-3-4-9(13)6-10/h3-8H,14H2,1-2H3. The number of nitrogen functional groups attached to an aromatic ring is 1. The topological polar surface area (TPSA) is 43.8 Å². The minimum Gasteiger partial charge on any atom is -0.384 e. The summed E-state index contributed by atoms with van der Waals surface area (Å²) in [7, 11) is 0. The first-order chi connectivity index (χ1) is 7.58. The molecule has 1 aromatic carbocycles. The van der Waals surface area contributed by atoms with Crippen LogP contribution in [0.3, 0.4) is 0 Å². The number of benzene rings is 1. The van der Waals surface area contributed by atoms with Crippen LogP contribution in [-0.4, -0.2) is 9.78 Å². The van der Waals surface area contributed by atoms with E-state index < -0.39 is 0 Å². The third-order valence-corrected chi connectivity index (χ3v) is 2.89. The van der Waals surface area contributed by atoms with Crippen molar-refractivity contribution in [1.82, 2.24) is 9.78 Å². The molecule has 0 radical (unpaired) electrons. The van der Waals surface area contributed by atoms with Crippen molar-refractivity contribution in [3.05, 3.63) is 40.5 Å². The second kappa shape index (κ2) is 4.29. The molecule has 2 aromatic rings. The number of hydrogen-bond donors (Lipinski definition) is 1. The molecule has 0 fully saturated rings. The van der Waals surface area contributed by atoms with Gasteiger partial charge in [0.05, 0.1) is 11.4 Å². The summed E-state index contributed by atoms with van der Waals surface area (Å²) < 4.78 is 2.78. The van der Waals surface area contributed by atoms with Crippen LogP contribution in [0.25, 0.3) is 5.69 Å². The van der Waals surface area contributed by atoms with Crippen LogP contribution in [0, 0.1) is 0 Å². The molecule has 0 spiro atoms. The minimum atomic E-state index is 0.385. The molecule has 4 heteroatoms. The molecule has 0 saturated carbocycles. The summed E-state index contributed by atoms with van der Waals surface area (Å²) in [5.41, 5.74) is 7.93. The molecule has 0 saturated heterocycles. The Morgan fingerprint density at radius 3 is 2.62 bits per heavy atom. The van der Waals surface area contributed by atoms with Gasteiger partial charge in [-0.2, -0.15) is 5.10 Å². The predicted molar refractivity (Wildman–Crippen MR) is 69.8 cm³/mol. The summed E-state index contributed by atoms with van der Waals surface area (Å²) in [5, 5.41) is 4.49. The lowest BCUT2D eigenvalue weighted by Crippen LogP contribution is -2.02. The fraction of sp³-hybridized carbons (Fsp3) is 0.250. The van der Waals surface area contributed by atoms with Gasteiger partial charge in [-0.1, -0.05) is 35.8 Å². The number of rotatable bonds is 2. The fourth-order valence-corrected chi connectivity index (χ4v) is 1.90. The van der Waals surface area contributed by atoms with Gasteiger partial charge in [0.25, 0.3) is 0 Å². The normalized spacial score (nSPS) is 11.0. The van der Waals surface area contributed by atoms with E-state index >= 15 is 0 Å². The molecule has 0 aliphatic heterocycles. The summed E-state index contributed by atoms with van der Waals surface area (Å²) in [6, 6.07) is 9.85. The number of nitrogens with zero attached hydrogens (tertiary/aromatic N) is 2. The molecule has 0 atom stereocenters. The lowest BCUT2D eigenvalue weighted by molar-refractivity contribution is 0.771. The third kappa shape index (κ3) is 2.11. The van der Waals surface area contributed by atoms with Crippen LogP contribution in [0.5, 0.6) is 0 Å². The van der Waals surface area contributed by atoms with Gasteiger partial charge in [-0.25, -0.2) is 4.68 Å². The van der Waals surface area contributed by atoms with Gasteiger partial charge in [0, 0.05) is 10.5 Å². The maximum absolute atomic E-state index is 5.95. The van der Waals surface area contributed by atoms with Crippen LogP contribution < -0.4 is 5.73 Å². The Hall–Kier alpha value is -1.29. The fourth-order valence-electron chi connectivity index (χ4n) is 1.51. The van der Waals surface area contributed by atoms with E-state index in [0.717, 1.165) is 15.9 Å². The summed E-state index contributed by atoms with van der Waals surface area (Å²) in [6.45, 7) is 4.21. The van der Waals surface area contributed by atoms with Crippen molar-refractivity contribution < 1.29 is 0 Å². The van der Waals surface area contributed by atoms with Crippen molar-refractivity contribution in [2.45, 2.75) is 19.8 Å². The summed E-state index contributed by atoms with van der Waals surface area (Å²) in [5.74, 6) is 1.05. The van der Waals surface area contributed by atoms with Gasteiger partial charge in [-0.15, -0.1) is 0 Å². The van der Waals surface area contributed by atoms with Crippen molar-refractivity contribution >= 4 is 21.7 Å². The molecule has 0 bridgehead atoms. The van der Waals surface area contributed by atoms with E-state index in [9.17, 15) is 0 Å². The quantitative estimate of drug-likeness (QED) is 0.916. The van der Waals surface area contributed by atoms with Crippen molar-refractivity contribution in [2.24, 2.45) is 0 Å². The second-order valence-electron chi connectivity index (χ2n) is 4.04. The monoisotopic (exact) mass is 279 g/mol. The molecule has 84 valence electrons. The van der Waals surface area contributed by atoms with E-state index in [-0.39, 0.29) is 0 Å². The number of anilines is 1. The average Bonchev–Trinajstić information content (AvgIpc) is 2.60. The van der Waals surface area contributed by atoms with Gasteiger partial charge >= 0.3 is 0 Å². The lowest BCUT2D eigenvalue weighted by atomic mass is 10.1. The highest BCUT2D eigenvalue weighted by atomic mass is 79.9. The van der Waals surface area contributed by atoms with Gasteiger partial charge < -0.3 is 5.73 Å². The second-order valence-corrected chi connectivity index (χ2v) is 4.96. The number of nitrogens with two attached hydrogens (primary N) is 1. The minimum absolute atomic E-state index is 0.385. The summed E-state index contributed by atoms with van der Waals surface area (Å²) >= 11 is 3.44. The number of hydrogen-bond acceptors (Lipinski definition) is 2. The zero-order valence-electron chi connectivity index (χ0n) is 9.31. The van der Waals surface area contributed by atoms with E-state index in [1.165, 1.54) is 0 Å². The maximum Gasteiger partial charge on any atom is 0.127 e. The van der Waals surface area contributed by atoms with Gasteiger partial charge in [0.1, 0.15) is 5.82 Å². The Bertz CT molecular complexity index is 503. The molecular weight excluding hydrogens is 266 g/mol. The molecule has 1 aromatic heterocycles. The average molecular weight is 280 g/mol. The Balaban J connectivity index is 2.48. The predicted octanol–water partition coefficient (Wildman–Crippen LogP) is 3.34. The zero-order chi connectivity index (χ0) is 11.7. The lowest BCUT2D eigenvalue weighted by Gasteiger charge is -2.04. The van der Waals surface area contributed by atoms with Crippen molar-refractivity contribution in [1.29, 1.82) is 0 Å². The van der Waals surface area contributed by atoms with Gasteiger partial charge in [0.15, 0.2) is 0 Å². The highest BCUT2D eigenvalue weighted by Gasteiger charge is 2.09. The largest absolute Gasteiger partial charge is 0.384 e. The Morgan fingerprint density at radius 2 is 2.06 bits per heavy atom. The molecule has 1 heterocycles. The van der Waals surface area contributed by atoms with Crippen LogP contribution in [0.1, 0.15) is 25.5 Å². The Morgan fingerprint density at radius 1 is 1.31 bits per heavy atom. The first-order valence-corrected chi connectivity index (χ1v) is 5.98. The van der Waals surface area contributed by atoms with E-state index in [0.29, 0.717) is 11.7 Å². The highest BCUT2D eigenvalue weighted by Crippen LogP contribution is 2.21.